The van der Waals surface area contributed by atoms with E-state index in [4.69, 9.17) is 14.2 Å². The summed E-state index contributed by atoms with van der Waals surface area (Å²) in [5.74, 6) is 1.22. The van der Waals surface area contributed by atoms with Crippen molar-refractivity contribution >= 4 is 11.9 Å². The van der Waals surface area contributed by atoms with E-state index >= 15 is 0 Å². The highest BCUT2D eigenvalue weighted by molar-refractivity contribution is 6.15. The van der Waals surface area contributed by atoms with Gasteiger partial charge in [-0.05, 0) is 48.4 Å². The Hall–Kier alpha value is -3.60. The lowest BCUT2D eigenvalue weighted by atomic mass is 10.0. The maximum atomic E-state index is 13.9. The highest BCUT2D eigenvalue weighted by Gasteiger charge is 2.30. The van der Waals surface area contributed by atoms with Gasteiger partial charge in [-0.2, -0.15) is 0 Å². The molecule has 1 aliphatic heterocycles. The molecule has 0 radical (unpaired) electrons. The van der Waals surface area contributed by atoms with Crippen molar-refractivity contribution in [3.8, 4) is 17.2 Å². The average Bonchev–Trinajstić information content (AvgIpc) is 3.04. The maximum absolute atomic E-state index is 13.9. The molecule has 3 aromatic rings. The second-order valence-electron chi connectivity index (χ2n) is 6.71. The third-order valence-electron chi connectivity index (χ3n) is 4.70. The molecule has 0 N–H and O–H groups in total. The number of Topliss-reactive ketones (excluding diaryl/α,β-unsaturated/α-hetero) is 1. The van der Waals surface area contributed by atoms with Gasteiger partial charge in [0.2, 0.25) is 5.78 Å². The molecule has 5 heteroatoms. The van der Waals surface area contributed by atoms with E-state index in [1.54, 1.807) is 37.4 Å². The van der Waals surface area contributed by atoms with Gasteiger partial charge < -0.3 is 14.2 Å². The lowest BCUT2D eigenvalue weighted by Gasteiger charge is -2.09. The molecular formula is C24H19FO4. The second kappa shape index (κ2) is 7.80. The van der Waals surface area contributed by atoms with Gasteiger partial charge >= 0.3 is 0 Å². The Bertz CT molecular complexity index is 1100. The quantitative estimate of drug-likeness (QED) is 0.552. The first-order valence-electron chi connectivity index (χ1n) is 9.14. The fourth-order valence-corrected chi connectivity index (χ4v) is 3.18. The zero-order chi connectivity index (χ0) is 20.4. The van der Waals surface area contributed by atoms with E-state index in [-0.39, 0.29) is 11.5 Å². The van der Waals surface area contributed by atoms with Gasteiger partial charge in [-0.25, -0.2) is 4.39 Å². The van der Waals surface area contributed by atoms with Crippen LogP contribution in [-0.4, -0.2) is 12.9 Å². The number of hydrogen-bond donors (Lipinski definition) is 0. The lowest BCUT2D eigenvalue weighted by molar-refractivity contribution is 0.101. The third-order valence-corrected chi connectivity index (χ3v) is 4.70. The molecule has 0 aliphatic carbocycles. The van der Waals surface area contributed by atoms with Crippen LogP contribution in [0.3, 0.4) is 0 Å². The van der Waals surface area contributed by atoms with Crippen LogP contribution >= 0.6 is 0 Å². The first-order chi connectivity index (χ1) is 14.0. The van der Waals surface area contributed by atoms with Crippen molar-refractivity contribution in [2.45, 2.75) is 13.5 Å². The number of halogens is 1. The van der Waals surface area contributed by atoms with E-state index in [0.29, 0.717) is 29.2 Å². The van der Waals surface area contributed by atoms with Crippen molar-refractivity contribution in [3.05, 3.63) is 94.5 Å². The smallest absolute Gasteiger partial charge is 0.232 e. The number of carbonyl (C=O) groups excluding carboxylic acids is 1. The Morgan fingerprint density at radius 1 is 1.03 bits per heavy atom. The molecule has 0 amide bonds. The Morgan fingerprint density at radius 3 is 2.52 bits per heavy atom. The van der Waals surface area contributed by atoms with E-state index in [2.05, 4.69) is 0 Å². The van der Waals surface area contributed by atoms with Crippen LogP contribution in [0.1, 0.15) is 27.0 Å². The van der Waals surface area contributed by atoms with E-state index in [0.717, 1.165) is 16.9 Å². The van der Waals surface area contributed by atoms with Crippen LogP contribution in [0.2, 0.25) is 0 Å². The molecule has 0 atom stereocenters. The fraction of sp³-hybridized carbons (Fsp3) is 0.125. The number of rotatable bonds is 5. The number of aryl methyl sites for hydroxylation is 1. The first kappa shape index (κ1) is 18.7. The Labute approximate surface area is 168 Å². The molecule has 0 aromatic heterocycles. The van der Waals surface area contributed by atoms with Gasteiger partial charge in [0.25, 0.3) is 0 Å². The number of allylic oxidation sites excluding steroid dienone is 1. The molecule has 4 nitrogen and oxygen atoms in total. The number of fused-ring (bicyclic) bond motifs is 1. The number of benzene rings is 3. The molecule has 0 fully saturated rings. The Balaban J connectivity index is 1.55. The second-order valence-corrected chi connectivity index (χ2v) is 6.71. The van der Waals surface area contributed by atoms with Gasteiger partial charge in [-0.3, -0.25) is 4.79 Å². The van der Waals surface area contributed by atoms with Crippen LogP contribution in [0.5, 0.6) is 17.2 Å². The maximum Gasteiger partial charge on any atom is 0.232 e. The molecule has 29 heavy (non-hydrogen) atoms. The zero-order valence-electron chi connectivity index (χ0n) is 16.1. The summed E-state index contributed by atoms with van der Waals surface area (Å²) in [6.07, 6.45) is 1.43. The normalized spacial score (nSPS) is 13.9. The molecule has 3 aromatic carbocycles. The van der Waals surface area contributed by atoms with Gasteiger partial charge in [-0.15, -0.1) is 0 Å². The predicted molar refractivity (Wildman–Crippen MR) is 108 cm³/mol. The van der Waals surface area contributed by atoms with Crippen molar-refractivity contribution in [2.24, 2.45) is 0 Å². The topological polar surface area (TPSA) is 44.8 Å². The molecule has 1 heterocycles. The zero-order valence-corrected chi connectivity index (χ0v) is 16.1. The minimum Gasteiger partial charge on any atom is -0.497 e. The van der Waals surface area contributed by atoms with Crippen LogP contribution in [-0.2, 0) is 6.61 Å². The highest BCUT2D eigenvalue weighted by atomic mass is 19.1. The van der Waals surface area contributed by atoms with Crippen LogP contribution in [0.25, 0.3) is 6.08 Å². The number of hydrogen-bond acceptors (Lipinski definition) is 4. The van der Waals surface area contributed by atoms with Gasteiger partial charge in [0.05, 0.1) is 12.7 Å². The van der Waals surface area contributed by atoms with Crippen LogP contribution in [0, 0.1) is 12.7 Å². The van der Waals surface area contributed by atoms with E-state index in [9.17, 15) is 9.18 Å². The fourth-order valence-electron chi connectivity index (χ4n) is 3.18. The molecular weight excluding hydrogens is 371 g/mol. The van der Waals surface area contributed by atoms with Crippen molar-refractivity contribution in [3.63, 3.8) is 0 Å². The van der Waals surface area contributed by atoms with Crippen LogP contribution in [0.15, 0.2) is 66.4 Å². The van der Waals surface area contributed by atoms with Gasteiger partial charge in [0.1, 0.15) is 29.7 Å². The molecule has 0 bridgehead atoms. The molecule has 4 rings (SSSR count). The summed E-state index contributed by atoms with van der Waals surface area (Å²) in [6.45, 7) is 2.19. The summed E-state index contributed by atoms with van der Waals surface area (Å²) in [5.41, 5.74) is 2.51. The van der Waals surface area contributed by atoms with Gasteiger partial charge in [0, 0.05) is 11.6 Å². The van der Waals surface area contributed by atoms with Crippen molar-refractivity contribution < 1.29 is 23.4 Å². The van der Waals surface area contributed by atoms with Gasteiger partial charge in [0.15, 0.2) is 5.76 Å². The standard InChI is InChI=1S/C24H19FO4/c1-15-11-19(28-14-16-7-9-18(27-2)10-8-16)13-21-23(15)24(26)22(29-21)12-17-5-3-4-6-20(17)25/h3-13H,14H2,1-2H3/b22-12-. The SMILES string of the molecule is COc1ccc(COc2cc(C)c3c(c2)O/C(=C\c2ccccc2F)C3=O)cc1. The minimum atomic E-state index is -0.410. The van der Waals surface area contributed by atoms with Crippen LogP contribution in [0.4, 0.5) is 4.39 Å². The summed E-state index contributed by atoms with van der Waals surface area (Å²) in [7, 11) is 1.62. The van der Waals surface area contributed by atoms with E-state index in [1.807, 2.05) is 31.2 Å². The molecule has 0 spiro atoms. The first-order valence-corrected chi connectivity index (χ1v) is 9.14. The Kier molecular flexibility index (Phi) is 5.04. The van der Waals surface area contributed by atoms with E-state index < -0.39 is 5.82 Å². The summed E-state index contributed by atoms with van der Waals surface area (Å²) < 4.78 is 30.7. The third kappa shape index (κ3) is 3.85. The molecule has 1 aliphatic rings. The number of ether oxygens (including phenoxy) is 3. The summed E-state index contributed by atoms with van der Waals surface area (Å²) in [4.78, 5) is 12.7. The summed E-state index contributed by atoms with van der Waals surface area (Å²) in [5, 5.41) is 0. The molecule has 0 saturated carbocycles. The van der Waals surface area contributed by atoms with Crippen LogP contribution < -0.4 is 14.2 Å². The lowest BCUT2D eigenvalue weighted by Crippen LogP contribution is -2.00. The number of methoxy groups -OCH3 is 1. The van der Waals surface area contributed by atoms with Crippen molar-refractivity contribution in [1.29, 1.82) is 0 Å². The Morgan fingerprint density at radius 2 is 1.79 bits per heavy atom. The average molecular weight is 390 g/mol. The van der Waals surface area contributed by atoms with Crippen molar-refractivity contribution in [2.75, 3.05) is 7.11 Å². The highest BCUT2D eigenvalue weighted by Crippen LogP contribution is 2.37. The number of ketones is 1. The molecule has 146 valence electrons. The number of carbonyl (C=O) groups is 1. The largest absolute Gasteiger partial charge is 0.497 e. The molecule has 0 unspecified atom stereocenters. The summed E-state index contributed by atoms with van der Waals surface area (Å²) in [6, 6.07) is 17.3. The predicted octanol–water partition coefficient (Wildman–Crippen LogP) is 5.34. The summed E-state index contributed by atoms with van der Waals surface area (Å²) >= 11 is 0. The van der Waals surface area contributed by atoms with Gasteiger partial charge in [-0.1, -0.05) is 30.3 Å². The molecule has 0 saturated heterocycles. The van der Waals surface area contributed by atoms with Crippen molar-refractivity contribution in [1.82, 2.24) is 0 Å². The monoisotopic (exact) mass is 390 g/mol. The van der Waals surface area contributed by atoms with E-state index in [1.165, 1.54) is 12.1 Å². The minimum absolute atomic E-state index is 0.0977.